The molecule has 14 heavy (non-hydrogen) atoms. The fourth-order valence-electron chi connectivity index (χ4n) is 1.49. The summed E-state index contributed by atoms with van der Waals surface area (Å²) in [4.78, 5) is 23.3. The molecule has 1 aliphatic heterocycles. The lowest BCUT2D eigenvalue weighted by atomic mass is 9.88. The minimum absolute atomic E-state index is 0.0828. The van der Waals surface area contributed by atoms with Crippen LogP contribution in [-0.2, 0) is 9.59 Å². The summed E-state index contributed by atoms with van der Waals surface area (Å²) in [5, 5.41) is 11.6. The second-order valence-corrected chi connectivity index (χ2v) is 3.80. The van der Waals surface area contributed by atoms with Gasteiger partial charge in [0.1, 0.15) is 6.54 Å². The molecule has 1 unspecified atom stereocenters. The summed E-state index contributed by atoms with van der Waals surface area (Å²) in [5.41, 5.74) is 0. The van der Waals surface area contributed by atoms with E-state index in [2.05, 4.69) is 5.32 Å². The Labute approximate surface area is 83.1 Å². The third-order valence-electron chi connectivity index (χ3n) is 2.66. The average molecular weight is 200 g/mol. The lowest BCUT2D eigenvalue weighted by Gasteiger charge is -2.33. The molecule has 0 bridgehead atoms. The molecule has 1 heterocycles. The Balaban J connectivity index is 2.42. The first-order valence-corrected chi connectivity index (χ1v) is 4.70. The van der Waals surface area contributed by atoms with Crippen molar-refractivity contribution in [3.8, 4) is 0 Å². The number of carbonyl (C=O) groups is 2. The molecule has 1 aliphatic rings. The van der Waals surface area contributed by atoms with Crippen LogP contribution >= 0.6 is 0 Å². The first kappa shape index (κ1) is 11.0. The number of nitrogens with one attached hydrogen (secondary N) is 1. The van der Waals surface area contributed by atoms with E-state index in [0.29, 0.717) is 5.92 Å². The predicted octanol–water partition coefficient (Wildman–Crippen LogP) is -0.615. The number of carbonyl (C=O) groups excluding carboxylic acids is 1. The molecule has 2 N–H and O–H groups in total. The SMILES string of the molecule is CC(C(=O)N(C)CC(=O)O)C1CNC1. The molecule has 0 aromatic carbocycles. The summed E-state index contributed by atoms with van der Waals surface area (Å²) >= 11 is 0. The molecule has 5 nitrogen and oxygen atoms in total. The zero-order valence-electron chi connectivity index (χ0n) is 8.49. The number of hydrogen-bond acceptors (Lipinski definition) is 3. The second-order valence-electron chi connectivity index (χ2n) is 3.80. The number of rotatable bonds is 4. The van der Waals surface area contributed by atoms with E-state index in [9.17, 15) is 9.59 Å². The Bertz CT molecular complexity index is 238. The summed E-state index contributed by atoms with van der Waals surface area (Å²) < 4.78 is 0. The second kappa shape index (κ2) is 4.41. The fourth-order valence-corrected chi connectivity index (χ4v) is 1.49. The number of nitrogens with zero attached hydrogens (tertiary/aromatic N) is 1. The smallest absolute Gasteiger partial charge is 0.323 e. The molecule has 1 amide bonds. The molecule has 0 saturated carbocycles. The van der Waals surface area contributed by atoms with E-state index in [1.807, 2.05) is 6.92 Å². The van der Waals surface area contributed by atoms with Crippen molar-refractivity contribution in [2.75, 3.05) is 26.7 Å². The van der Waals surface area contributed by atoms with E-state index in [0.717, 1.165) is 13.1 Å². The van der Waals surface area contributed by atoms with Crippen LogP contribution < -0.4 is 5.32 Å². The highest BCUT2D eigenvalue weighted by Gasteiger charge is 2.30. The number of likely N-dealkylation sites (N-methyl/N-ethyl adjacent to an activating group) is 1. The molecule has 0 spiro atoms. The first-order chi connectivity index (χ1) is 6.52. The van der Waals surface area contributed by atoms with Crippen LogP contribution in [0.1, 0.15) is 6.92 Å². The van der Waals surface area contributed by atoms with Crippen molar-refractivity contribution in [3.05, 3.63) is 0 Å². The molecule has 0 aromatic heterocycles. The first-order valence-electron chi connectivity index (χ1n) is 4.70. The van der Waals surface area contributed by atoms with Crippen LogP contribution in [0.2, 0.25) is 0 Å². The van der Waals surface area contributed by atoms with Gasteiger partial charge in [-0.25, -0.2) is 0 Å². The highest BCUT2D eigenvalue weighted by Crippen LogP contribution is 2.17. The van der Waals surface area contributed by atoms with Crippen LogP contribution in [0.4, 0.5) is 0 Å². The molecule has 1 rings (SSSR count). The standard InChI is InChI=1S/C9H16N2O3/c1-6(7-3-10-4-7)9(14)11(2)5-8(12)13/h6-7,10H,3-5H2,1-2H3,(H,12,13). The highest BCUT2D eigenvalue weighted by molar-refractivity contribution is 5.82. The van der Waals surface area contributed by atoms with E-state index in [-0.39, 0.29) is 18.4 Å². The van der Waals surface area contributed by atoms with Crippen molar-refractivity contribution in [3.63, 3.8) is 0 Å². The number of aliphatic carboxylic acids is 1. The zero-order chi connectivity index (χ0) is 10.7. The average Bonchev–Trinajstić information content (AvgIpc) is 1.98. The lowest BCUT2D eigenvalue weighted by molar-refractivity contribution is -0.146. The van der Waals surface area contributed by atoms with Gasteiger partial charge >= 0.3 is 5.97 Å². The minimum atomic E-state index is -0.972. The fraction of sp³-hybridized carbons (Fsp3) is 0.778. The van der Waals surface area contributed by atoms with Gasteiger partial charge < -0.3 is 15.3 Å². The predicted molar refractivity (Wildman–Crippen MR) is 50.8 cm³/mol. The van der Waals surface area contributed by atoms with Gasteiger partial charge in [-0.2, -0.15) is 0 Å². The molecule has 0 aliphatic carbocycles. The maximum Gasteiger partial charge on any atom is 0.323 e. The molecular formula is C9H16N2O3. The van der Waals surface area contributed by atoms with Crippen LogP contribution in [0.5, 0.6) is 0 Å². The Hall–Kier alpha value is -1.10. The van der Waals surface area contributed by atoms with Crippen molar-refractivity contribution in [2.45, 2.75) is 6.92 Å². The van der Waals surface area contributed by atoms with Crippen LogP contribution in [0.25, 0.3) is 0 Å². The van der Waals surface area contributed by atoms with Gasteiger partial charge in [0.2, 0.25) is 5.91 Å². The van der Waals surface area contributed by atoms with Gasteiger partial charge in [-0.1, -0.05) is 6.92 Å². The Morgan fingerprint density at radius 1 is 1.57 bits per heavy atom. The van der Waals surface area contributed by atoms with Gasteiger partial charge in [0.15, 0.2) is 0 Å². The third kappa shape index (κ3) is 2.45. The van der Waals surface area contributed by atoms with Crippen molar-refractivity contribution >= 4 is 11.9 Å². The van der Waals surface area contributed by atoms with E-state index in [1.165, 1.54) is 11.9 Å². The molecule has 1 atom stereocenters. The van der Waals surface area contributed by atoms with Gasteiger partial charge in [0, 0.05) is 13.0 Å². The van der Waals surface area contributed by atoms with Crippen molar-refractivity contribution in [1.29, 1.82) is 0 Å². The highest BCUT2D eigenvalue weighted by atomic mass is 16.4. The van der Waals surface area contributed by atoms with Gasteiger partial charge in [0.25, 0.3) is 0 Å². The summed E-state index contributed by atoms with van der Waals surface area (Å²) in [7, 11) is 1.53. The van der Waals surface area contributed by atoms with Crippen LogP contribution in [0, 0.1) is 11.8 Å². The largest absolute Gasteiger partial charge is 0.480 e. The van der Waals surface area contributed by atoms with Crippen molar-refractivity contribution in [2.24, 2.45) is 11.8 Å². The van der Waals surface area contributed by atoms with E-state index >= 15 is 0 Å². The van der Waals surface area contributed by atoms with E-state index in [4.69, 9.17) is 5.11 Å². The number of hydrogen-bond donors (Lipinski definition) is 2. The molecule has 1 fully saturated rings. The van der Waals surface area contributed by atoms with Gasteiger partial charge in [-0.3, -0.25) is 9.59 Å². The number of amides is 1. The quantitative estimate of drug-likeness (QED) is 0.635. The third-order valence-corrected chi connectivity index (χ3v) is 2.66. The zero-order valence-corrected chi connectivity index (χ0v) is 8.49. The van der Waals surface area contributed by atoms with Crippen LogP contribution in [0.15, 0.2) is 0 Å². The molecule has 5 heteroatoms. The maximum absolute atomic E-state index is 11.6. The normalized spacial score (nSPS) is 18.4. The molecule has 0 radical (unpaired) electrons. The topological polar surface area (TPSA) is 69.6 Å². The summed E-state index contributed by atoms with van der Waals surface area (Å²) in [5.74, 6) is -0.780. The Morgan fingerprint density at radius 2 is 2.14 bits per heavy atom. The molecule has 80 valence electrons. The number of carboxylic acid groups (broad SMARTS) is 1. The molecule has 0 aromatic rings. The molecule has 1 saturated heterocycles. The monoisotopic (exact) mass is 200 g/mol. The molecular weight excluding hydrogens is 184 g/mol. The van der Waals surface area contributed by atoms with Crippen LogP contribution in [0.3, 0.4) is 0 Å². The van der Waals surface area contributed by atoms with Crippen molar-refractivity contribution in [1.82, 2.24) is 10.2 Å². The summed E-state index contributed by atoms with van der Waals surface area (Å²) in [6.07, 6.45) is 0. The Morgan fingerprint density at radius 3 is 2.50 bits per heavy atom. The van der Waals surface area contributed by atoms with E-state index < -0.39 is 5.97 Å². The van der Waals surface area contributed by atoms with Gasteiger partial charge in [-0.05, 0) is 19.0 Å². The Kier molecular flexibility index (Phi) is 3.46. The maximum atomic E-state index is 11.6. The lowest BCUT2D eigenvalue weighted by Crippen LogP contribution is -2.50. The summed E-state index contributed by atoms with van der Waals surface area (Å²) in [6.45, 7) is 3.34. The van der Waals surface area contributed by atoms with Crippen molar-refractivity contribution < 1.29 is 14.7 Å². The minimum Gasteiger partial charge on any atom is -0.480 e. The van der Waals surface area contributed by atoms with E-state index in [1.54, 1.807) is 0 Å². The van der Waals surface area contributed by atoms with Gasteiger partial charge in [-0.15, -0.1) is 0 Å². The van der Waals surface area contributed by atoms with Crippen LogP contribution in [-0.4, -0.2) is 48.6 Å². The summed E-state index contributed by atoms with van der Waals surface area (Å²) in [6, 6.07) is 0. The number of carboxylic acids is 1. The van der Waals surface area contributed by atoms with Gasteiger partial charge in [0.05, 0.1) is 0 Å².